The molecule has 9 heteroatoms. The number of nitrogen functional groups attached to an aromatic ring is 1. The van der Waals surface area contributed by atoms with Crippen molar-refractivity contribution in [1.82, 2.24) is 9.97 Å². The number of aromatic nitrogens is 2. The van der Waals surface area contributed by atoms with Crippen LogP contribution in [-0.2, 0) is 9.84 Å². The van der Waals surface area contributed by atoms with Crippen LogP contribution in [0.25, 0.3) is 11.4 Å². The highest BCUT2D eigenvalue weighted by molar-refractivity contribution is 7.91. The Morgan fingerprint density at radius 3 is 2.50 bits per heavy atom. The predicted molar refractivity (Wildman–Crippen MR) is 85.7 cm³/mol. The SMILES string of the molecule is CCS(=O)(=O)c1ccc(N)nc1-c1ccc(OCC(C)(F)F)cn1. The zero-order valence-corrected chi connectivity index (χ0v) is 14.0. The van der Waals surface area contributed by atoms with E-state index in [2.05, 4.69) is 9.97 Å². The van der Waals surface area contributed by atoms with Gasteiger partial charge in [0.15, 0.2) is 16.4 Å². The monoisotopic (exact) mass is 357 g/mol. The van der Waals surface area contributed by atoms with Crippen LogP contribution in [-0.4, -0.2) is 36.7 Å². The molecule has 0 unspecified atom stereocenters. The second kappa shape index (κ2) is 6.68. The molecule has 0 radical (unpaired) electrons. The topological polar surface area (TPSA) is 95.2 Å². The lowest BCUT2D eigenvalue weighted by Gasteiger charge is -2.12. The predicted octanol–water partition coefficient (Wildman–Crippen LogP) is 2.55. The van der Waals surface area contributed by atoms with Gasteiger partial charge in [-0.1, -0.05) is 6.92 Å². The maximum absolute atomic E-state index is 12.8. The Morgan fingerprint density at radius 2 is 1.96 bits per heavy atom. The van der Waals surface area contributed by atoms with Gasteiger partial charge >= 0.3 is 0 Å². The number of sulfone groups is 1. The van der Waals surface area contributed by atoms with Crippen LogP contribution < -0.4 is 10.5 Å². The van der Waals surface area contributed by atoms with Crippen LogP contribution in [0.1, 0.15) is 13.8 Å². The van der Waals surface area contributed by atoms with Crippen LogP contribution in [0.15, 0.2) is 35.4 Å². The number of alkyl halides is 2. The third-order valence-corrected chi connectivity index (χ3v) is 4.83. The minimum Gasteiger partial charge on any atom is -0.486 e. The number of ether oxygens (including phenoxy) is 1. The third kappa shape index (κ3) is 4.38. The maximum atomic E-state index is 12.8. The second-order valence-corrected chi connectivity index (χ2v) is 7.47. The second-order valence-electron chi connectivity index (χ2n) is 5.22. The van der Waals surface area contributed by atoms with E-state index in [0.29, 0.717) is 0 Å². The Labute approximate surface area is 138 Å². The summed E-state index contributed by atoms with van der Waals surface area (Å²) in [5.41, 5.74) is 6.00. The first kappa shape index (κ1) is 18.1. The Kier molecular flexibility index (Phi) is 5.02. The zero-order chi connectivity index (χ0) is 18.0. The Bertz CT molecular complexity index is 819. The molecule has 0 aliphatic heterocycles. The molecular weight excluding hydrogens is 340 g/mol. The van der Waals surface area contributed by atoms with E-state index in [-0.39, 0.29) is 33.6 Å². The molecule has 0 aromatic carbocycles. The van der Waals surface area contributed by atoms with E-state index in [1.54, 1.807) is 0 Å². The molecule has 2 aromatic rings. The van der Waals surface area contributed by atoms with Crippen LogP contribution in [0.4, 0.5) is 14.6 Å². The summed E-state index contributed by atoms with van der Waals surface area (Å²) in [5.74, 6) is -2.77. The molecule has 0 bridgehead atoms. The number of hydrogen-bond acceptors (Lipinski definition) is 6. The molecule has 0 saturated carbocycles. The molecule has 2 rings (SSSR count). The van der Waals surface area contributed by atoms with E-state index in [1.807, 2.05) is 0 Å². The smallest absolute Gasteiger partial charge is 0.278 e. The van der Waals surface area contributed by atoms with E-state index in [0.717, 1.165) is 6.92 Å². The van der Waals surface area contributed by atoms with Gasteiger partial charge in [-0.3, -0.25) is 4.98 Å². The van der Waals surface area contributed by atoms with Gasteiger partial charge < -0.3 is 10.5 Å². The van der Waals surface area contributed by atoms with Crippen molar-refractivity contribution in [2.24, 2.45) is 0 Å². The quantitative estimate of drug-likeness (QED) is 0.854. The van der Waals surface area contributed by atoms with Crippen LogP contribution in [0.5, 0.6) is 5.75 Å². The highest BCUT2D eigenvalue weighted by atomic mass is 32.2. The first-order valence-corrected chi connectivity index (χ1v) is 8.74. The number of nitrogens with zero attached hydrogens (tertiary/aromatic N) is 2. The molecule has 0 aliphatic rings. The standard InChI is InChI=1S/C15H17F2N3O3S/c1-3-24(21,22)12-6-7-13(18)20-14(12)11-5-4-10(8-19-11)23-9-15(2,16)17/h4-8H,3,9H2,1-2H3,(H2,18,20). The molecular formula is C15H17F2N3O3S. The molecule has 6 nitrogen and oxygen atoms in total. The molecule has 0 atom stereocenters. The molecule has 0 fully saturated rings. The lowest BCUT2D eigenvalue weighted by Crippen LogP contribution is -2.20. The number of pyridine rings is 2. The molecule has 0 amide bonds. The average Bonchev–Trinajstić information content (AvgIpc) is 2.52. The number of hydrogen-bond donors (Lipinski definition) is 1. The minimum absolute atomic E-state index is 0.0143. The summed E-state index contributed by atoms with van der Waals surface area (Å²) in [5, 5.41) is 0. The first-order valence-electron chi connectivity index (χ1n) is 7.09. The maximum Gasteiger partial charge on any atom is 0.278 e. The number of nitrogens with two attached hydrogens (primary N) is 1. The summed E-state index contributed by atoms with van der Waals surface area (Å²) in [6, 6.07) is 5.63. The molecule has 2 N–H and O–H groups in total. The summed E-state index contributed by atoms with van der Waals surface area (Å²) in [7, 11) is -3.52. The Hall–Kier alpha value is -2.29. The lowest BCUT2D eigenvalue weighted by molar-refractivity contribution is -0.0230. The van der Waals surface area contributed by atoms with E-state index in [4.69, 9.17) is 10.5 Å². The third-order valence-electron chi connectivity index (χ3n) is 3.07. The molecule has 2 heterocycles. The zero-order valence-electron chi connectivity index (χ0n) is 13.2. The molecule has 0 saturated heterocycles. The van der Waals surface area contributed by atoms with Crippen LogP contribution in [0.3, 0.4) is 0 Å². The van der Waals surface area contributed by atoms with Gasteiger partial charge in [0.25, 0.3) is 5.92 Å². The van der Waals surface area contributed by atoms with Crippen molar-refractivity contribution >= 4 is 15.7 Å². The molecule has 2 aromatic heterocycles. The van der Waals surface area contributed by atoms with Gasteiger partial charge in [0.05, 0.1) is 22.5 Å². The number of rotatable bonds is 6. The molecule has 130 valence electrons. The van der Waals surface area contributed by atoms with Gasteiger partial charge in [-0.15, -0.1) is 0 Å². The van der Waals surface area contributed by atoms with Crippen LogP contribution in [0.2, 0.25) is 0 Å². The first-order chi connectivity index (χ1) is 11.1. The van der Waals surface area contributed by atoms with Crippen molar-refractivity contribution in [1.29, 1.82) is 0 Å². The lowest BCUT2D eigenvalue weighted by atomic mass is 10.2. The van der Waals surface area contributed by atoms with Crippen molar-refractivity contribution in [3.05, 3.63) is 30.5 Å². The highest BCUT2D eigenvalue weighted by Gasteiger charge is 2.23. The largest absolute Gasteiger partial charge is 0.486 e. The summed E-state index contributed by atoms with van der Waals surface area (Å²) in [6.07, 6.45) is 1.23. The summed E-state index contributed by atoms with van der Waals surface area (Å²) in [6.45, 7) is 1.48. The van der Waals surface area contributed by atoms with E-state index >= 15 is 0 Å². The van der Waals surface area contributed by atoms with Gasteiger partial charge in [-0.2, -0.15) is 0 Å². The fraction of sp³-hybridized carbons (Fsp3) is 0.333. The fourth-order valence-corrected chi connectivity index (χ4v) is 2.90. The van der Waals surface area contributed by atoms with Crippen molar-refractivity contribution < 1.29 is 21.9 Å². The normalized spacial score (nSPS) is 12.2. The van der Waals surface area contributed by atoms with Crippen molar-refractivity contribution in [2.75, 3.05) is 18.1 Å². The number of halogens is 2. The van der Waals surface area contributed by atoms with E-state index in [9.17, 15) is 17.2 Å². The van der Waals surface area contributed by atoms with Gasteiger partial charge in [-0.25, -0.2) is 22.2 Å². The summed E-state index contributed by atoms with van der Waals surface area (Å²) < 4.78 is 54.8. The van der Waals surface area contributed by atoms with Gasteiger partial charge in [0.2, 0.25) is 0 Å². The van der Waals surface area contributed by atoms with Crippen molar-refractivity contribution in [3.8, 4) is 17.1 Å². The van der Waals surface area contributed by atoms with Gasteiger partial charge in [0.1, 0.15) is 17.3 Å². The molecule has 24 heavy (non-hydrogen) atoms. The van der Waals surface area contributed by atoms with Crippen LogP contribution in [0, 0.1) is 0 Å². The van der Waals surface area contributed by atoms with Crippen molar-refractivity contribution in [3.63, 3.8) is 0 Å². The van der Waals surface area contributed by atoms with Gasteiger partial charge in [-0.05, 0) is 24.3 Å². The highest BCUT2D eigenvalue weighted by Crippen LogP contribution is 2.27. The van der Waals surface area contributed by atoms with E-state index in [1.165, 1.54) is 37.4 Å². The molecule has 0 aliphatic carbocycles. The fourth-order valence-electron chi connectivity index (χ4n) is 1.87. The minimum atomic E-state index is -3.52. The Balaban J connectivity index is 2.37. The van der Waals surface area contributed by atoms with Crippen LogP contribution >= 0.6 is 0 Å². The Morgan fingerprint density at radius 1 is 1.25 bits per heavy atom. The van der Waals surface area contributed by atoms with E-state index < -0.39 is 22.4 Å². The average molecular weight is 357 g/mol. The summed E-state index contributed by atoms with van der Waals surface area (Å²) in [4.78, 5) is 8.11. The van der Waals surface area contributed by atoms with Gasteiger partial charge in [0, 0.05) is 6.92 Å². The molecule has 0 spiro atoms. The number of anilines is 1. The van der Waals surface area contributed by atoms with Crippen molar-refractivity contribution in [2.45, 2.75) is 24.7 Å². The summed E-state index contributed by atoms with van der Waals surface area (Å²) >= 11 is 0.